The minimum Gasteiger partial charge on any atom is -0.340 e. The average Bonchev–Trinajstić information content (AvgIpc) is 2.42. The Kier molecular flexibility index (Phi) is 4.45. The molecule has 0 radical (unpaired) electrons. The number of benzene rings is 1. The van der Waals surface area contributed by atoms with Crippen LogP contribution in [0.2, 0.25) is 5.02 Å². The number of piperidine rings is 1. The molecule has 0 spiro atoms. The predicted molar refractivity (Wildman–Crippen MR) is 77.4 cm³/mol. The fraction of sp³-hybridized carbons (Fsp3) is 0.308. The summed E-state index contributed by atoms with van der Waals surface area (Å²) in [5, 5.41) is 2.92. The quantitative estimate of drug-likeness (QED) is 0.821. The average molecular weight is 360 g/mol. The van der Waals surface area contributed by atoms with Gasteiger partial charge in [-0.15, -0.1) is 0 Å². The summed E-state index contributed by atoms with van der Waals surface area (Å²) < 4.78 is 0.717. The van der Waals surface area contributed by atoms with Crippen molar-refractivity contribution < 1.29 is 14.4 Å². The number of hydrogen-bond donors (Lipinski definition) is 1. The van der Waals surface area contributed by atoms with Crippen LogP contribution in [0.5, 0.6) is 0 Å². The van der Waals surface area contributed by atoms with E-state index >= 15 is 0 Å². The number of nitrogens with zero attached hydrogens (tertiary/aromatic N) is 1. The van der Waals surface area contributed by atoms with Gasteiger partial charge < -0.3 is 5.32 Å². The fourth-order valence-corrected chi connectivity index (χ4v) is 2.52. The fourth-order valence-electron chi connectivity index (χ4n) is 1.96. The van der Waals surface area contributed by atoms with Gasteiger partial charge in [-0.05, 0) is 24.6 Å². The van der Waals surface area contributed by atoms with Crippen molar-refractivity contribution in [3.63, 3.8) is 0 Å². The van der Waals surface area contributed by atoms with E-state index in [1.807, 2.05) is 0 Å². The number of nitrogens with one attached hydrogen (secondary N) is 1. The van der Waals surface area contributed by atoms with Gasteiger partial charge in [-0.1, -0.05) is 27.5 Å². The number of likely N-dealkylation sites (tertiary alicyclic amines) is 1. The first-order chi connectivity index (χ1) is 9.40. The number of rotatable bonds is 2. The number of amides is 3. The molecule has 1 aliphatic rings. The summed E-state index contributed by atoms with van der Waals surface area (Å²) in [6, 6.07) is 4.20. The van der Waals surface area contributed by atoms with Crippen molar-refractivity contribution in [1.29, 1.82) is 0 Å². The van der Waals surface area contributed by atoms with Gasteiger partial charge in [0.05, 0.1) is 10.6 Å². The predicted octanol–water partition coefficient (Wildman–Crippen LogP) is 1.98. The molecule has 1 N–H and O–H groups in total. The summed E-state index contributed by atoms with van der Waals surface area (Å²) in [6.07, 6.45) is 0.540. The van der Waals surface area contributed by atoms with E-state index in [-0.39, 0.29) is 17.9 Å². The third kappa shape index (κ3) is 3.02. The molecular formula is C13H12BrClN2O3. The van der Waals surface area contributed by atoms with Crippen LogP contribution >= 0.6 is 27.5 Å². The lowest BCUT2D eigenvalue weighted by atomic mass is 10.0. The summed E-state index contributed by atoms with van der Waals surface area (Å²) >= 11 is 9.23. The standard InChI is InChI=1S/C13H12BrClN2O3/c1-17-11(18)5-4-10(13(17)20)16-12(19)8-6-7(14)2-3-9(8)15/h2-3,6,10H,4-5H2,1H3,(H,16,19). The Labute approximate surface area is 129 Å². The summed E-state index contributed by atoms with van der Waals surface area (Å²) in [5.74, 6) is -1.07. The Hall–Kier alpha value is -1.40. The van der Waals surface area contributed by atoms with Gasteiger partial charge in [0.25, 0.3) is 11.8 Å². The summed E-state index contributed by atoms with van der Waals surface area (Å²) in [7, 11) is 1.41. The SMILES string of the molecule is CN1C(=O)CCC(NC(=O)c2cc(Br)ccc2Cl)C1=O. The summed E-state index contributed by atoms with van der Waals surface area (Å²) in [5.41, 5.74) is 0.286. The van der Waals surface area contributed by atoms with Crippen molar-refractivity contribution in [3.05, 3.63) is 33.3 Å². The lowest BCUT2D eigenvalue weighted by Crippen LogP contribution is -2.52. The second kappa shape index (κ2) is 5.93. The van der Waals surface area contributed by atoms with E-state index in [0.717, 1.165) is 4.90 Å². The molecule has 1 saturated heterocycles. The molecule has 1 fully saturated rings. The minimum atomic E-state index is -0.694. The Bertz CT molecular complexity index is 591. The number of likely N-dealkylation sites (N-methyl/N-ethyl adjacent to an activating group) is 1. The highest BCUT2D eigenvalue weighted by Gasteiger charge is 2.33. The number of carbonyl (C=O) groups excluding carboxylic acids is 3. The number of imide groups is 1. The highest BCUT2D eigenvalue weighted by atomic mass is 79.9. The molecule has 0 aromatic heterocycles. The molecule has 1 heterocycles. The van der Waals surface area contributed by atoms with Crippen molar-refractivity contribution in [1.82, 2.24) is 10.2 Å². The first-order valence-corrected chi connectivity index (χ1v) is 7.13. The summed E-state index contributed by atoms with van der Waals surface area (Å²) in [4.78, 5) is 36.5. The van der Waals surface area contributed by atoms with E-state index in [2.05, 4.69) is 21.2 Å². The van der Waals surface area contributed by atoms with Crippen LogP contribution in [0.3, 0.4) is 0 Å². The van der Waals surface area contributed by atoms with Crippen LogP contribution in [0.1, 0.15) is 23.2 Å². The maximum Gasteiger partial charge on any atom is 0.253 e. The maximum absolute atomic E-state index is 12.1. The van der Waals surface area contributed by atoms with Gasteiger partial charge in [-0.25, -0.2) is 0 Å². The molecule has 106 valence electrons. The highest BCUT2D eigenvalue weighted by Crippen LogP contribution is 2.21. The van der Waals surface area contributed by atoms with Crippen molar-refractivity contribution in [2.75, 3.05) is 7.05 Å². The van der Waals surface area contributed by atoms with Crippen molar-refractivity contribution >= 4 is 45.3 Å². The molecule has 7 heteroatoms. The molecule has 2 rings (SSSR count). The number of carbonyl (C=O) groups is 3. The van der Waals surface area contributed by atoms with E-state index in [0.29, 0.717) is 15.9 Å². The zero-order valence-corrected chi connectivity index (χ0v) is 13.0. The smallest absolute Gasteiger partial charge is 0.253 e. The van der Waals surface area contributed by atoms with Gasteiger partial charge in [-0.3, -0.25) is 19.3 Å². The lowest BCUT2D eigenvalue weighted by molar-refractivity contribution is -0.147. The van der Waals surface area contributed by atoms with Crippen molar-refractivity contribution in [2.24, 2.45) is 0 Å². The molecule has 1 atom stereocenters. The molecule has 1 aliphatic heterocycles. The van der Waals surface area contributed by atoms with E-state index in [1.54, 1.807) is 18.2 Å². The van der Waals surface area contributed by atoms with Crippen LogP contribution in [-0.4, -0.2) is 35.7 Å². The van der Waals surface area contributed by atoms with Gasteiger partial charge in [0.2, 0.25) is 5.91 Å². The Morgan fingerprint density at radius 3 is 2.85 bits per heavy atom. The summed E-state index contributed by atoms with van der Waals surface area (Å²) in [6.45, 7) is 0. The molecule has 5 nitrogen and oxygen atoms in total. The first kappa shape index (κ1) is 15.0. The zero-order valence-electron chi connectivity index (χ0n) is 10.7. The first-order valence-electron chi connectivity index (χ1n) is 5.96. The lowest BCUT2D eigenvalue weighted by Gasteiger charge is -2.28. The molecule has 0 aliphatic carbocycles. The van der Waals surface area contributed by atoms with Gasteiger partial charge in [0, 0.05) is 17.9 Å². The third-order valence-electron chi connectivity index (χ3n) is 3.13. The van der Waals surface area contributed by atoms with E-state index < -0.39 is 17.9 Å². The van der Waals surface area contributed by atoms with Crippen LogP contribution in [-0.2, 0) is 9.59 Å². The molecule has 0 saturated carbocycles. The second-order valence-corrected chi connectivity index (χ2v) is 5.80. The maximum atomic E-state index is 12.1. The van der Waals surface area contributed by atoms with E-state index in [9.17, 15) is 14.4 Å². The Morgan fingerprint density at radius 1 is 1.45 bits per heavy atom. The molecule has 3 amide bonds. The van der Waals surface area contributed by atoms with E-state index in [1.165, 1.54) is 7.05 Å². The van der Waals surface area contributed by atoms with Gasteiger partial charge >= 0.3 is 0 Å². The van der Waals surface area contributed by atoms with Crippen LogP contribution < -0.4 is 5.32 Å². The molecule has 1 aromatic carbocycles. The van der Waals surface area contributed by atoms with Crippen LogP contribution in [0.25, 0.3) is 0 Å². The topological polar surface area (TPSA) is 66.5 Å². The number of halogens is 2. The van der Waals surface area contributed by atoms with Crippen LogP contribution in [0.15, 0.2) is 22.7 Å². The van der Waals surface area contributed by atoms with Gasteiger partial charge in [0.15, 0.2) is 0 Å². The van der Waals surface area contributed by atoms with Gasteiger partial charge in [-0.2, -0.15) is 0 Å². The molecule has 20 heavy (non-hydrogen) atoms. The van der Waals surface area contributed by atoms with Crippen LogP contribution in [0.4, 0.5) is 0 Å². The van der Waals surface area contributed by atoms with E-state index in [4.69, 9.17) is 11.6 Å². The largest absolute Gasteiger partial charge is 0.340 e. The molecular weight excluding hydrogens is 348 g/mol. The molecule has 0 bridgehead atoms. The van der Waals surface area contributed by atoms with Crippen molar-refractivity contribution in [2.45, 2.75) is 18.9 Å². The third-order valence-corrected chi connectivity index (χ3v) is 3.95. The van der Waals surface area contributed by atoms with Crippen molar-refractivity contribution in [3.8, 4) is 0 Å². The zero-order chi connectivity index (χ0) is 14.9. The minimum absolute atomic E-state index is 0.235. The Balaban J connectivity index is 2.14. The van der Waals surface area contributed by atoms with Crippen LogP contribution in [0, 0.1) is 0 Å². The van der Waals surface area contributed by atoms with Gasteiger partial charge in [0.1, 0.15) is 6.04 Å². The number of hydrogen-bond acceptors (Lipinski definition) is 3. The Morgan fingerprint density at radius 2 is 2.15 bits per heavy atom. The monoisotopic (exact) mass is 358 g/mol. The normalized spacial score (nSPS) is 19.1. The second-order valence-electron chi connectivity index (χ2n) is 4.48. The molecule has 1 aromatic rings. The highest BCUT2D eigenvalue weighted by molar-refractivity contribution is 9.10. The molecule has 1 unspecified atom stereocenters.